The number of anilines is 2. The van der Waals surface area contributed by atoms with E-state index in [1.807, 2.05) is 6.07 Å². The minimum absolute atomic E-state index is 0.444. The van der Waals surface area contributed by atoms with Crippen LogP contribution in [0.2, 0.25) is 0 Å². The van der Waals surface area contributed by atoms with Crippen molar-refractivity contribution in [1.82, 2.24) is 9.97 Å². The lowest BCUT2D eigenvalue weighted by molar-refractivity contribution is 0.178. The van der Waals surface area contributed by atoms with E-state index in [0.717, 1.165) is 42.9 Å². The largest absolute Gasteiger partial charge is 0.377 e. The molecule has 1 aliphatic rings. The summed E-state index contributed by atoms with van der Waals surface area (Å²) in [6.07, 6.45) is 6.49. The maximum absolute atomic E-state index is 5.14. The molecule has 0 bridgehead atoms. The SMILES string of the molecule is CCCNc1cc(NCC2CCCC2)nc(COC)n1. The van der Waals surface area contributed by atoms with Gasteiger partial charge in [-0.3, -0.25) is 0 Å². The van der Waals surface area contributed by atoms with Crippen LogP contribution < -0.4 is 10.6 Å². The zero-order valence-corrected chi connectivity index (χ0v) is 12.6. The average molecular weight is 278 g/mol. The molecule has 0 atom stereocenters. The fourth-order valence-electron chi connectivity index (χ4n) is 2.59. The molecule has 5 nitrogen and oxygen atoms in total. The van der Waals surface area contributed by atoms with Gasteiger partial charge in [-0.25, -0.2) is 9.97 Å². The number of aromatic nitrogens is 2. The van der Waals surface area contributed by atoms with E-state index in [2.05, 4.69) is 27.5 Å². The van der Waals surface area contributed by atoms with Gasteiger partial charge in [-0.05, 0) is 25.2 Å². The van der Waals surface area contributed by atoms with Gasteiger partial charge in [0.15, 0.2) is 5.82 Å². The summed E-state index contributed by atoms with van der Waals surface area (Å²) >= 11 is 0. The van der Waals surface area contributed by atoms with Crippen molar-refractivity contribution in [1.29, 1.82) is 0 Å². The maximum Gasteiger partial charge on any atom is 0.158 e. The van der Waals surface area contributed by atoms with Crippen molar-refractivity contribution in [2.45, 2.75) is 45.6 Å². The van der Waals surface area contributed by atoms with Gasteiger partial charge in [-0.1, -0.05) is 19.8 Å². The normalized spacial score (nSPS) is 15.5. The van der Waals surface area contributed by atoms with Crippen LogP contribution in [-0.4, -0.2) is 30.2 Å². The lowest BCUT2D eigenvalue weighted by Crippen LogP contribution is -2.14. The summed E-state index contributed by atoms with van der Waals surface area (Å²) in [5.41, 5.74) is 0. The molecule has 0 saturated heterocycles. The van der Waals surface area contributed by atoms with E-state index in [9.17, 15) is 0 Å². The van der Waals surface area contributed by atoms with Crippen molar-refractivity contribution in [2.24, 2.45) is 5.92 Å². The molecule has 20 heavy (non-hydrogen) atoms. The first-order valence-electron chi connectivity index (χ1n) is 7.66. The van der Waals surface area contributed by atoms with E-state index in [1.165, 1.54) is 25.7 Å². The molecular formula is C15H26N4O. The van der Waals surface area contributed by atoms with Crippen LogP contribution in [0.1, 0.15) is 44.9 Å². The highest BCUT2D eigenvalue weighted by Gasteiger charge is 2.15. The molecule has 5 heteroatoms. The molecule has 1 aromatic heterocycles. The van der Waals surface area contributed by atoms with Crippen molar-refractivity contribution in [3.63, 3.8) is 0 Å². The quantitative estimate of drug-likeness (QED) is 0.765. The molecule has 1 aromatic rings. The lowest BCUT2D eigenvalue weighted by atomic mass is 10.1. The number of ether oxygens (including phenoxy) is 1. The van der Waals surface area contributed by atoms with E-state index >= 15 is 0 Å². The second-order valence-corrected chi connectivity index (χ2v) is 5.45. The summed E-state index contributed by atoms with van der Waals surface area (Å²) in [6, 6.07) is 1.99. The molecule has 0 aromatic carbocycles. The molecule has 112 valence electrons. The zero-order valence-electron chi connectivity index (χ0n) is 12.6. The second kappa shape index (κ2) is 8.04. The third-order valence-corrected chi connectivity index (χ3v) is 3.65. The number of methoxy groups -OCH3 is 1. The van der Waals surface area contributed by atoms with Crippen molar-refractivity contribution in [3.8, 4) is 0 Å². The Kier molecular flexibility index (Phi) is 6.05. The van der Waals surface area contributed by atoms with Gasteiger partial charge in [-0.2, -0.15) is 0 Å². The van der Waals surface area contributed by atoms with Crippen LogP contribution in [0.3, 0.4) is 0 Å². The van der Waals surface area contributed by atoms with Gasteiger partial charge >= 0.3 is 0 Å². The summed E-state index contributed by atoms with van der Waals surface area (Å²) in [4.78, 5) is 8.96. The van der Waals surface area contributed by atoms with Gasteiger partial charge in [0.2, 0.25) is 0 Å². The first-order valence-corrected chi connectivity index (χ1v) is 7.66. The fraction of sp³-hybridized carbons (Fsp3) is 0.733. The van der Waals surface area contributed by atoms with Crippen molar-refractivity contribution >= 4 is 11.6 Å². The molecule has 1 fully saturated rings. The predicted octanol–water partition coefficient (Wildman–Crippen LogP) is 3.05. The topological polar surface area (TPSA) is 59.1 Å². The molecule has 0 unspecified atom stereocenters. The third-order valence-electron chi connectivity index (χ3n) is 3.65. The highest BCUT2D eigenvalue weighted by atomic mass is 16.5. The number of nitrogens with zero attached hydrogens (tertiary/aromatic N) is 2. The maximum atomic E-state index is 5.14. The monoisotopic (exact) mass is 278 g/mol. The molecule has 2 rings (SSSR count). The summed E-state index contributed by atoms with van der Waals surface area (Å²) < 4.78 is 5.14. The Morgan fingerprint density at radius 1 is 1.20 bits per heavy atom. The molecule has 0 radical (unpaired) electrons. The minimum Gasteiger partial charge on any atom is -0.377 e. The van der Waals surface area contributed by atoms with Gasteiger partial charge in [0.05, 0.1) is 0 Å². The fourth-order valence-corrected chi connectivity index (χ4v) is 2.59. The summed E-state index contributed by atoms with van der Waals surface area (Å²) in [5.74, 6) is 3.30. The Balaban J connectivity index is 1.98. The highest BCUT2D eigenvalue weighted by molar-refractivity contribution is 5.47. The van der Waals surface area contributed by atoms with E-state index in [1.54, 1.807) is 7.11 Å². The number of rotatable bonds is 8. The van der Waals surface area contributed by atoms with Crippen LogP contribution >= 0.6 is 0 Å². The van der Waals surface area contributed by atoms with Gasteiger partial charge in [0.25, 0.3) is 0 Å². The first kappa shape index (κ1) is 15.0. The minimum atomic E-state index is 0.444. The zero-order chi connectivity index (χ0) is 14.2. The van der Waals surface area contributed by atoms with E-state index in [4.69, 9.17) is 4.74 Å². The van der Waals surface area contributed by atoms with Crippen LogP contribution in [0, 0.1) is 5.92 Å². The highest BCUT2D eigenvalue weighted by Crippen LogP contribution is 2.25. The predicted molar refractivity (Wildman–Crippen MR) is 82.0 cm³/mol. The van der Waals surface area contributed by atoms with E-state index in [-0.39, 0.29) is 0 Å². The molecular weight excluding hydrogens is 252 g/mol. The number of hydrogen-bond acceptors (Lipinski definition) is 5. The third kappa shape index (κ3) is 4.63. The molecule has 1 aliphatic carbocycles. The van der Waals surface area contributed by atoms with Crippen LogP contribution in [0.5, 0.6) is 0 Å². The molecule has 1 heterocycles. The Hall–Kier alpha value is -1.36. The summed E-state index contributed by atoms with van der Waals surface area (Å²) in [5, 5.41) is 6.77. The Labute approximate surface area is 121 Å². The Morgan fingerprint density at radius 2 is 1.90 bits per heavy atom. The van der Waals surface area contributed by atoms with Gasteiger partial charge in [-0.15, -0.1) is 0 Å². The Bertz CT molecular complexity index is 405. The average Bonchev–Trinajstić information content (AvgIpc) is 2.96. The van der Waals surface area contributed by atoms with Crippen LogP contribution in [0.15, 0.2) is 6.07 Å². The van der Waals surface area contributed by atoms with Gasteiger partial charge in [0.1, 0.15) is 18.2 Å². The van der Waals surface area contributed by atoms with Gasteiger partial charge < -0.3 is 15.4 Å². The van der Waals surface area contributed by atoms with Crippen molar-refractivity contribution in [3.05, 3.63) is 11.9 Å². The molecule has 0 spiro atoms. The lowest BCUT2D eigenvalue weighted by Gasteiger charge is -2.13. The van der Waals surface area contributed by atoms with E-state index in [0.29, 0.717) is 6.61 Å². The van der Waals surface area contributed by atoms with Gasteiger partial charge in [0, 0.05) is 26.3 Å². The second-order valence-electron chi connectivity index (χ2n) is 5.45. The van der Waals surface area contributed by atoms with Crippen molar-refractivity contribution < 1.29 is 4.74 Å². The Morgan fingerprint density at radius 3 is 2.55 bits per heavy atom. The molecule has 0 amide bonds. The first-order chi connectivity index (χ1) is 9.81. The number of nitrogens with one attached hydrogen (secondary N) is 2. The molecule has 2 N–H and O–H groups in total. The summed E-state index contributed by atoms with van der Waals surface area (Å²) in [7, 11) is 1.67. The van der Waals surface area contributed by atoms with Crippen LogP contribution in [0.25, 0.3) is 0 Å². The van der Waals surface area contributed by atoms with Crippen LogP contribution in [-0.2, 0) is 11.3 Å². The molecule has 1 saturated carbocycles. The number of hydrogen-bond donors (Lipinski definition) is 2. The summed E-state index contributed by atoms with van der Waals surface area (Å²) in [6.45, 7) is 4.52. The standard InChI is InChI=1S/C15H26N4O/c1-3-8-16-13-9-14(19-15(18-13)11-20-2)17-10-12-6-4-5-7-12/h9,12H,3-8,10-11H2,1-2H3,(H2,16,17,18,19). The van der Waals surface area contributed by atoms with Crippen molar-refractivity contribution in [2.75, 3.05) is 30.8 Å². The van der Waals surface area contributed by atoms with Crippen LogP contribution in [0.4, 0.5) is 11.6 Å². The molecule has 0 aliphatic heterocycles. The van der Waals surface area contributed by atoms with E-state index < -0.39 is 0 Å². The smallest absolute Gasteiger partial charge is 0.158 e.